The van der Waals surface area contributed by atoms with Crippen LogP contribution in [-0.4, -0.2) is 42.1 Å². The van der Waals surface area contributed by atoms with Crippen molar-refractivity contribution in [2.24, 2.45) is 5.10 Å². The van der Waals surface area contributed by atoms with Gasteiger partial charge in [-0.2, -0.15) is 5.10 Å². The second-order valence-corrected chi connectivity index (χ2v) is 7.49. The Morgan fingerprint density at radius 2 is 1.59 bits per heavy atom. The van der Waals surface area contributed by atoms with Crippen LogP contribution >= 0.6 is 0 Å². The summed E-state index contributed by atoms with van der Waals surface area (Å²) in [6.07, 6.45) is 1.72. The van der Waals surface area contributed by atoms with Crippen LogP contribution in [0.15, 0.2) is 88.8 Å². The molecule has 5 rings (SSSR count). The third kappa shape index (κ3) is 4.10. The van der Waals surface area contributed by atoms with Crippen LogP contribution in [-0.2, 0) is 4.74 Å². The fourth-order valence-electron chi connectivity index (χ4n) is 3.78. The van der Waals surface area contributed by atoms with Crippen molar-refractivity contribution in [1.29, 1.82) is 0 Å². The van der Waals surface area contributed by atoms with E-state index in [1.807, 2.05) is 60.7 Å². The van der Waals surface area contributed by atoms with E-state index in [-0.39, 0.29) is 5.56 Å². The van der Waals surface area contributed by atoms with Crippen molar-refractivity contribution in [3.05, 3.63) is 94.8 Å². The quantitative estimate of drug-likeness (QED) is 0.390. The Bertz CT molecular complexity index is 1290. The maximum atomic E-state index is 13.2. The van der Waals surface area contributed by atoms with Crippen LogP contribution in [0.3, 0.4) is 0 Å². The number of ether oxygens (including phenoxy) is 1. The van der Waals surface area contributed by atoms with Gasteiger partial charge in [0.25, 0.3) is 5.56 Å². The summed E-state index contributed by atoms with van der Waals surface area (Å²) < 4.78 is 6.96. The highest BCUT2D eigenvalue weighted by Crippen LogP contribution is 2.17. The summed E-state index contributed by atoms with van der Waals surface area (Å²) in [5, 5.41) is 4.92. The average molecular weight is 425 g/mol. The van der Waals surface area contributed by atoms with E-state index in [0.717, 1.165) is 37.6 Å². The van der Waals surface area contributed by atoms with Crippen molar-refractivity contribution in [2.75, 3.05) is 36.6 Å². The molecular weight excluding hydrogens is 402 g/mol. The molecule has 0 radical (unpaired) electrons. The lowest BCUT2D eigenvalue weighted by atomic mass is 10.2. The fourth-order valence-corrected chi connectivity index (χ4v) is 3.78. The minimum Gasteiger partial charge on any atom is -0.378 e. The molecule has 7 nitrogen and oxygen atoms in total. The molecule has 3 aromatic carbocycles. The predicted octanol–water partition coefficient (Wildman–Crippen LogP) is 3.67. The Labute approximate surface area is 185 Å². The number of nitrogens with one attached hydrogen (secondary N) is 1. The first-order valence-electron chi connectivity index (χ1n) is 10.6. The summed E-state index contributed by atoms with van der Waals surface area (Å²) in [4.78, 5) is 20.1. The minimum absolute atomic E-state index is 0.144. The topological polar surface area (TPSA) is 71.8 Å². The van der Waals surface area contributed by atoms with Gasteiger partial charge in [0.05, 0.1) is 36.0 Å². The first-order valence-corrected chi connectivity index (χ1v) is 10.6. The normalized spacial score (nSPS) is 14.2. The molecule has 0 atom stereocenters. The van der Waals surface area contributed by atoms with Crippen LogP contribution in [0.1, 0.15) is 5.56 Å². The summed E-state index contributed by atoms with van der Waals surface area (Å²) in [7, 11) is 0. The summed E-state index contributed by atoms with van der Waals surface area (Å²) in [6.45, 7) is 3.32. The Morgan fingerprint density at radius 3 is 2.38 bits per heavy atom. The molecule has 4 aromatic rings. The molecule has 0 spiro atoms. The van der Waals surface area contributed by atoms with Gasteiger partial charge in [0.2, 0.25) is 5.95 Å². The number of rotatable bonds is 5. The molecule has 1 aromatic heterocycles. The number of fused-ring (bicyclic) bond motifs is 1. The van der Waals surface area contributed by atoms with Crippen molar-refractivity contribution in [1.82, 2.24) is 9.55 Å². The number of nitrogens with zero attached hydrogens (tertiary/aromatic N) is 4. The van der Waals surface area contributed by atoms with Crippen molar-refractivity contribution < 1.29 is 4.74 Å². The molecule has 1 saturated heterocycles. The fraction of sp³-hybridized carbons (Fsp3) is 0.160. The zero-order valence-corrected chi connectivity index (χ0v) is 17.5. The van der Waals surface area contributed by atoms with Gasteiger partial charge >= 0.3 is 0 Å². The zero-order valence-electron chi connectivity index (χ0n) is 17.5. The van der Waals surface area contributed by atoms with E-state index >= 15 is 0 Å². The van der Waals surface area contributed by atoms with Crippen LogP contribution in [0.4, 0.5) is 11.6 Å². The van der Waals surface area contributed by atoms with E-state index in [4.69, 9.17) is 4.74 Å². The first-order chi connectivity index (χ1) is 15.8. The number of para-hydroxylation sites is 2. The Kier molecular flexibility index (Phi) is 5.63. The Hall–Kier alpha value is -3.97. The molecule has 0 saturated carbocycles. The molecule has 0 unspecified atom stereocenters. The number of benzene rings is 3. The van der Waals surface area contributed by atoms with Gasteiger partial charge in [0.1, 0.15) is 0 Å². The molecule has 1 fully saturated rings. The van der Waals surface area contributed by atoms with E-state index in [9.17, 15) is 4.79 Å². The van der Waals surface area contributed by atoms with Crippen LogP contribution in [0.25, 0.3) is 16.6 Å². The summed E-state index contributed by atoms with van der Waals surface area (Å²) in [5.74, 6) is 0.362. The predicted molar refractivity (Wildman–Crippen MR) is 128 cm³/mol. The second kappa shape index (κ2) is 9.03. The number of hydrogen-bond acceptors (Lipinski definition) is 6. The van der Waals surface area contributed by atoms with E-state index in [0.29, 0.717) is 16.9 Å². The lowest BCUT2D eigenvalue weighted by Gasteiger charge is -2.28. The van der Waals surface area contributed by atoms with E-state index in [1.165, 1.54) is 5.69 Å². The van der Waals surface area contributed by atoms with Crippen molar-refractivity contribution >= 4 is 28.8 Å². The van der Waals surface area contributed by atoms with Gasteiger partial charge in [-0.25, -0.2) is 15.0 Å². The van der Waals surface area contributed by atoms with Gasteiger partial charge in [-0.3, -0.25) is 4.79 Å². The number of morpholine rings is 1. The van der Waals surface area contributed by atoms with Crippen LogP contribution < -0.4 is 15.9 Å². The van der Waals surface area contributed by atoms with Gasteiger partial charge in [0, 0.05) is 18.8 Å². The molecule has 0 bridgehead atoms. The summed E-state index contributed by atoms with van der Waals surface area (Å²) >= 11 is 0. The lowest BCUT2D eigenvalue weighted by Crippen LogP contribution is -2.36. The number of hydrogen-bond donors (Lipinski definition) is 1. The van der Waals surface area contributed by atoms with Gasteiger partial charge in [0.15, 0.2) is 0 Å². The van der Waals surface area contributed by atoms with E-state index in [2.05, 4.69) is 32.5 Å². The zero-order chi connectivity index (χ0) is 21.8. The smallest absolute Gasteiger partial charge is 0.267 e. The molecule has 7 heteroatoms. The monoisotopic (exact) mass is 425 g/mol. The molecule has 1 aliphatic rings. The van der Waals surface area contributed by atoms with Crippen molar-refractivity contribution in [2.45, 2.75) is 0 Å². The van der Waals surface area contributed by atoms with Gasteiger partial charge in [-0.05, 0) is 42.0 Å². The highest BCUT2D eigenvalue weighted by Gasteiger charge is 2.12. The van der Waals surface area contributed by atoms with Gasteiger partial charge in [-0.1, -0.05) is 42.5 Å². The van der Waals surface area contributed by atoms with E-state index in [1.54, 1.807) is 16.8 Å². The molecule has 160 valence electrons. The van der Waals surface area contributed by atoms with Crippen LogP contribution in [0, 0.1) is 0 Å². The third-order valence-corrected chi connectivity index (χ3v) is 5.44. The third-order valence-electron chi connectivity index (χ3n) is 5.44. The number of aromatic nitrogens is 2. The molecular formula is C25H23N5O2. The molecule has 32 heavy (non-hydrogen) atoms. The highest BCUT2D eigenvalue weighted by atomic mass is 16.5. The van der Waals surface area contributed by atoms with Crippen molar-refractivity contribution in [3.8, 4) is 5.69 Å². The molecule has 1 N–H and O–H groups in total. The molecule has 2 heterocycles. The van der Waals surface area contributed by atoms with Crippen LogP contribution in [0.5, 0.6) is 0 Å². The highest BCUT2D eigenvalue weighted by molar-refractivity contribution is 5.82. The average Bonchev–Trinajstić information content (AvgIpc) is 2.86. The largest absolute Gasteiger partial charge is 0.378 e. The van der Waals surface area contributed by atoms with E-state index < -0.39 is 0 Å². The number of anilines is 2. The molecule has 1 aliphatic heterocycles. The summed E-state index contributed by atoms with van der Waals surface area (Å²) in [6, 6.07) is 25.0. The maximum absolute atomic E-state index is 13.2. The number of hydrazone groups is 1. The molecule has 0 aliphatic carbocycles. The maximum Gasteiger partial charge on any atom is 0.267 e. The Balaban J connectivity index is 1.42. The van der Waals surface area contributed by atoms with Crippen molar-refractivity contribution in [3.63, 3.8) is 0 Å². The standard InChI is InChI=1S/C25H23N5O2/c31-24-22-8-4-5-9-23(22)27-25(30(24)21-6-2-1-3-7-21)28-26-18-19-10-12-20(13-11-19)29-14-16-32-17-15-29/h1-13,18H,14-17H2,(H,27,28)/b26-18+. The summed E-state index contributed by atoms with van der Waals surface area (Å²) in [5.41, 5.74) is 6.29. The van der Waals surface area contributed by atoms with Crippen LogP contribution in [0.2, 0.25) is 0 Å². The minimum atomic E-state index is -0.144. The Morgan fingerprint density at radius 1 is 0.875 bits per heavy atom. The molecule has 0 amide bonds. The first kappa shape index (κ1) is 20.0. The van der Waals surface area contributed by atoms with Gasteiger partial charge in [-0.15, -0.1) is 0 Å². The SMILES string of the molecule is O=c1c2ccccc2nc(N/N=C/c2ccc(N3CCOCC3)cc2)n1-c1ccccc1. The lowest BCUT2D eigenvalue weighted by molar-refractivity contribution is 0.122. The van der Waals surface area contributed by atoms with Gasteiger partial charge < -0.3 is 9.64 Å². The second-order valence-electron chi connectivity index (χ2n) is 7.49.